The molecule has 0 spiro atoms. The second kappa shape index (κ2) is 4.26. The molecule has 0 amide bonds. The monoisotopic (exact) mass is 220 g/mol. The third kappa shape index (κ3) is 1.61. The molecule has 3 heteroatoms. The van der Waals surface area contributed by atoms with Crippen molar-refractivity contribution in [3.8, 4) is 5.75 Å². The van der Waals surface area contributed by atoms with E-state index in [0.717, 1.165) is 24.0 Å². The molecule has 1 saturated heterocycles. The van der Waals surface area contributed by atoms with Crippen molar-refractivity contribution < 1.29 is 14.3 Å². The zero-order valence-corrected chi connectivity index (χ0v) is 9.66. The SMILES string of the molecule is CCc1ccc(OC)c(C2(C=O)COC2)c1. The first-order chi connectivity index (χ1) is 7.75. The number of aldehydes is 1. The lowest BCUT2D eigenvalue weighted by molar-refractivity contribution is -0.130. The Morgan fingerprint density at radius 1 is 1.50 bits per heavy atom. The molecule has 0 bridgehead atoms. The normalized spacial score (nSPS) is 17.6. The number of methoxy groups -OCH3 is 1. The molecular formula is C13H16O3. The third-order valence-electron chi connectivity index (χ3n) is 3.15. The van der Waals surface area contributed by atoms with Crippen molar-refractivity contribution in [3.05, 3.63) is 29.3 Å². The van der Waals surface area contributed by atoms with Crippen LogP contribution in [0.2, 0.25) is 0 Å². The molecule has 0 N–H and O–H groups in total. The number of rotatable bonds is 4. The second-order valence-corrected chi connectivity index (χ2v) is 4.15. The number of carbonyl (C=O) groups excluding carboxylic acids is 1. The van der Waals surface area contributed by atoms with E-state index in [1.165, 1.54) is 5.56 Å². The van der Waals surface area contributed by atoms with Gasteiger partial charge >= 0.3 is 0 Å². The summed E-state index contributed by atoms with van der Waals surface area (Å²) in [5.41, 5.74) is 1.68. The topological polar surface area (TPSA) is 35.5 Å². The van der Waals surface area contributed by atoms with E-state index < -0.39 is 5.41 Å². The molecule has 1 heterocycles. The van der Waals surface area contributed by atoms with E-state index in [1.807, 2.05) is 12.1 Å². The van der Waals surface area contributed by atoms with Crippen LogP contribution in [0.15, 0.2) is 18.2 Å². The van der Waals surface area contributed by atoms with Gasteiger partial charge in [-0.15, -0.1) is 0 Å². The van der Waals surface area contributed by atoms with E-state index in [1.54, 1.807) is 7.11 Å². The van der Waals surface area contributed by atoms with E-state index >= 15 is 0 Å². The van der Waals surface area contributed by atoms with Gasteiger partial charge in [-0.25, -0.2) is 0 Å². The molecule has 0 saturated carbocycles. The van der Waals surface area contributed by atoms with Crippen molar-refractivity contribution in [2.45, 2.75) is 18.8 Å². The molecule has 16 heavy (non-hydrogen) atoms. The highest BCUT2D eigenvalue weighted by molar-refractivity contribution is 5.72. The lowest BCUT2D eigenvalue weighted by Gasteiger charge is -2.37. The molecule has 0 aliphatic carbocycles. The number of hydrogen-bond donors (Lipinski definition) is 0. The average molecular weight is 220 g/mol. The van der Waals surface area contributed by atoms with Gasteiger partial charge in [0.25, 0.3) is 0 Å². The Morgan fingerprint density at radius 3 is 2.69 bits per heavy atom. The van der Waals surface area contributed by atoms with Gasteiger partial charge in [0.15, 0.2) is 0 Å². The van der Waals surface area contributed by atoms with Crippen molar-refractivity contribution in [1.82, 2.24) is 0 Å². The Balaban J connectivity index is 2.47. The lowest BCUT2D eigenvalue weighted by Crippen LogP contribution is -2.48. The van der Waals surface area contributed by atoms with Gasteiger partial charge in [-0.2, -0.15) is 0 Å². The predicted molar refractivity (Wildman–Crippen MR) is 60.9 cm³/mol. The van der Waals surface area contributed by atoms with Gasteiger partial charge in [-0.3, -0.25) is 0 Å². The van der Waals surface area contributed by atoms with Crippen molar-refractivity contribution >= 4 is 6.29 Å². The van der Waals surface area contributed by atoms with Crippen LogP contribution in [0.25, 0.3) is 0 Å². The van der Waals surface area contributed by atoms with Crippen LogP contribution in [0.3, 0.4) is 0 Å². The zero-order valence-electron chi connectivity index (χ0n) is 9.66. The lowest BCUT2D eigenvalue weighted by atomic mass is 9.79. The van der Waals surface area contributed by atoms with Crippen LogP contribution < -0.4 is 4.74 Å². The van der Waals surface area contributed by atoms with Gasteiger partial charge in [0, 0.05) is 5.56 Å². The largest absolute Gasteiger partial charge is 0.496 e. The van der Waals surface area contributed by atoms with Gasteiger partial charge in [0.05, 0.1) is 20.3 Å². The Hall–Kier alpha value is -1.35. The Kier molecular flexibility index (Phi) is 2.97. The molecule has 1 aromatic rings. The van der Waals surface area contributed by atoms with Crippen molar-refractivity contribution in [2.24, 2.45) is 0 Å². The molecule has 1 aromatic carbocycles. The molecule has 0 atom stereocenters. The summed E-state index contributed by atoms with van der Waals surface area (Å²) < 4.78 is 10.5. The molecule has 0 unspecified atom stereocenters. The van der Waals surface area contributed by atoms with Crippen LogP contribution in [-0.4, -0.2) is 26.6 Å². The van der Waals surface area contributed by atoms with Crippen LogP contribution in [0.4, 0.5) is 0 Å². The maximum atomic E-state index is 11.2. The van der Waals surface area contributed by atoms with Crippen molar-refractivity contribution in [2.75, 3.05) is 20.3 Å². The maximum Gasteiger partial charge on any atom is 0.135 e. The van der Waals surface area contributed by atoms with Gasteiger partial charge in [-0.1, -0.05) is 19.1 Å². The number of aryl methyl sites for hydroxylation is 1. The maximum absolute atomic E-state index is 11.2. The Morgan fingerprint density at radius 2 is 2.25 bits per heavy atom. The van der Waals surface area contributed by atoms with E-state index in [9.17, 15) is 4.79 Å². The van der Waals surface area contributed by atoms with E-state index in [-0.39, 0.29) is 0 Å². The summed E-state index contributed by atoms with van der Waals surface area (Å²) in [6, 6.07) is 6.01. The van der Waals surface area contributed by atoms with Crippen molar-refractivity contribution in [3.63, 3.8) is 0 Å². The van der Waals surface area contributed by atoms with Crippen LogP contribution in [0.5, 0.6) is 5.75 Å². The summed E-state index contributed by atoms with van der Waals surface area (Å²) in [6.07, 6.45) is 1.93. The molecule has 2 rings (SSSR count). The highest BCUT2D eigenvalue weighted by Crippen LogP contribution is 2.37. The zero-order chi connectivity index (χ0) is 11.6. The van der Waals surface area contributed by atoms with E-state index in [2.05, 4.69) is 13.0 Å². The molecule has 1 aliphatic heterocycles. The first-order valence-corrected chi connectivity index (χ1v) is 5.47. The fraction of sp³-hybridized carbons (Fsp3) is 0.462. The highest BCUT2D eigenvalue weighted by Gasteiger charge is 2.42. The van der Waals surface area contributed by atoms with Gasteiger partial charge in [0.2, 0.25) is 0 Å². The van der Waals surface area contributed by atoms with Crippen LogP contribution in [0, 0.1) is 0 Å². The standard InChI is InChI=1S/C13H16O3/c1-3-10-4-5-12(15-2)11(6-10)13(7-14)8-16-9-13/h4-7H,3,8-9H2,1-2H3. The fourth-order valence-corrected chi connectivity index (χ4v) is 1.97. The quantitative estimate of drug-likeness (QED) is 0.725. The molecule has 0 aromatic heterocycles. The summed E-state index contributed by atoms with van der Waals surface area (Å²) in [4.78, 5) is 11.2. The summed E-state index contributed by atoms with van der Waals surface area (Å²) >= 11 is 0. The summed E-state index contributed by atoms with van der Waals surface area (Å²) in [5, 5.41) is 0. The Labute approximate surface area is 95.4 Å². The first kappa shape index (κ1) is 11.1. The number of benzene rings is 1. The molecule has 1 aliphatic rings. The van der Waals surface area contributed by atoms with Crippen LogP contribution >= 0.6 is 0 Å². The summed E-state index contributed by atoms with van der Waals surface area (Å²) in [7, 11) is 1.63. The number of hydrogen-bond acceptors (Lipinski definition) is 3. The van der Waals surface area contributed by atoms with Crippen LogP contribution in [0.1, 0.15) is 18.1 Å². The number of ether oxygens (including phenoxy) is 2. The minimum Gasteiger partial charge on any atom is -0.496 e. The molecule has 86 valence electrons. The molecule has 0 radical (unpaired) electrons. The fourth-order valence-electron chi connectivity index (χ4n) is 1.97. The summed E-state index contributed by atoms with van der Waals surface area (Å²) in [6.45, 7) is 3.01. The first-order valence-electron chi connectivity index (χ1n) is 5.47. The second-order valence-electron chi connectivity index (χ2n) is 4.15. The van der Waals surface area contributed by atoms with Crippen LogP contribution in [-0.2, 0) is 21.4 Å². The highest BCUT2D eigenvalue weighted by atomic mass is 16.5. The molecule has 3 nitrogen and oxygen atoms in total. The predicted octanol–water partition coefficient (Wildman–Crippen LogP) is 1.72. The summed E-state index contributed by atoms with van der Waals surface area (Å²) in [5.74, 6) is 0.771. The van der Waals surface area contributed by atoms with Gasteiger partial charge in [0.1, 0.15) is 17.5 Å². The smallest absolute Gasteiger partial charge is 0.135 e. The third-order valence-corrected chi connectivity index (χ3v) is 3.15. The Bertz CT molecular complexity index is 394. The van der Waals surface area contributed by atoms with E-state index in [4.69, 9.17) is 9.47 Å². The van der Waals surface area contributed by atoms with Gasteiger partial charge in [-0.05, 0) is 18.1 Å². The average Bonchev–Trinajstić information content (AvgIpc) is 2.28. The van der Waals surface area contributed by atoms with Gasteiger partial charge < -0.3 is 14.3 Å². The number of carbonyl (C=O) groups is 1. The molecular weight excluding hydrogens is 204 g/mol. The minimum atomic E-state index is -0.490. The molecule has 1 fully saturated rings. The minimum absolute atomic E-state index is 0.458. The van der Waals surface area contributed by atoms with Crippen molar-refractivity contribution in [1.29, 1.82) is 0 Å². The van der Waals surface area contributed by atoms with E-state index in [0.29, 0.717) is 13.2 Å².